The van der Waals surface area contributed by atoms with Crippen LogP contribution in [0.3, 0.4) is 0 Å². The third-order valence-corrected chi connectivity index (χ3v) is 4.33. The average molecular weight is 325 g/mol. The molecule has 0 spiro atoms. The molecule has 0 radical (unpaired) electrons. The standard InChI is InChI=1S/C19H23N3O2/c1-20-11-13-21(14-12-20)15-19(24)22(16-5-3-2-4-6-16)17-7-9-18(23)10-8-17/h2-10,23H,11-15H2,1H3. The highest BCUT2D eigenvalue weighted by molar-refractivity contribution is 6.01. The van der Waals surface area contributed by atoms with Gasteiger partial charge in [-0.3, -0.25) is 14.6 Å². The molecule has 0 bridgehead atoms. The molecular formula is C19H23N3O2. The van der Waals surface area contributed by atoms with Crippen LogP contribution >= 0.6 is 0 Å². The summed E-state index contributed by atoms with van der Waals surface area (Å²) in [7, 11) is 2.10. The Morgan fingerprint density at radius 1 is 0.958 bits per heavy atom. The summed E-state index contributed by atoms with van der Waals surface area (Å²) in [6.07, 6.45) is 0. The van der Waals surface area contributed by atoms with Crippen molar-refractivity contribution in [3.05, 3.63) is 54.6 Å². The molecular weight excluding hydrogens is 302 g/mol. The topological polar surface area (TPSA) is 47.0 Å². The van der Waals surface area contributed by atoms with E-state index in [0.717, 1.165) is 37.6 Å². The summed E-state index contributed by atoms with van der Waals surface area (Å²) < 4.78 is 0. The van der Waals surface area contributed by atoms with Crippen molar-refractivity contribution in [2.45, 2.75) is 0 Å². The zero-order valence-electron chi connectivity index (χ0n) is 13.9. The molecule has 3 rings (SSSR count). The zero-order valence-corrected chi connectivity index (χ0v) is 13.9. The van der Waals surface area contributed by atoms with Gasteiger partial charge in [0.25, 0.3) is 0 Å². The number of anilines is 2. The van der Waals surface area contributed by atoms with Crippen LogP contribution in [0.1, 0.15) is 0 Å². The zero-order chi connectivity index (χ0) is 16.9. The minimum Gasteiger partial charge on any atom is -0.508 e. The molecule has 2 aromatic rings. The highest BCUT2D eigenvalue weighted by Gasteiger charge is 2.22. The number of piperazine rings is 1. The van der Waals surface area contributed by atoms with Crippen molar-refractivity contribution in [2.24, 2.45) is 0 Å². The van der Waals surface area contributed by atoms with Gasteiger partial charge in [-0.2, -0.15) is 0 Å². The molecule has 1 saturated heterocycles. The Morgan fingerprint density at radius 3 is 2.17 bits per heavy atom. The number of nitrogens with zero attached hydrogens (tertiary/aromatic N) is 3. The molecule has 0 saturated carbocycles. The van der Waals surface area contributed by atoms with Crippen LogP contribution in [0.5, 0.6) is 5.75 Å². The van der Waals surface area contributed by atoms with Gasteiger partial charge in [-0.1, -0.05) is 18.2 Å². The number of amides is 1. The van der Waals surface area contributed by atoms with E-state index in [9.17, 15) is 9.90 Å². The van der Waals surface area contributed by atoms with Crippen LogP contribution in [0.4, 0.5) is 11.4 Å². The Labute approximate surface area is 142 Å². The minimum absolute atomic E-state index is 0.0384. The highest BCUT2D eigenvalue weighted by atomic mass is 16.3. The van der Waals surface area contributed by atoms with E-state index in [0.29, 0.717) is 6.54 Å². The maximum absolute atomic E-state index is 13.0. The van der Waals surface area contributed by atoms with Gasteiger partial charge in [0.05, 0.1) is 6.54 Å². The first kappa shape index (κ1) is 16.5. The van der Waals surface area contributed by atoms with E-state index in [1.807, 2.05) is 30.3 Å². The average Bonchev–Trinajstić information content (AvgIpc) is 2.60. The van der Waals surface area contributed by atoms with Gasteiger partial charge in [0.2, 0.25) is 5.91 Å². The number of likely N-dealkylation sites (N-methyl/N-ethyl adjacent to an activating group) is 1. The van der Waals surface area contributed by atoms with E-state index in [1.165, 1.54) is 0 Å². The fourth-order valence-corrected chi connectivity index (χ4v) is 2.88. The molecule has 0 aliphatic carbocycles. The predicted molar refractivity (Wildman–Crippen MR) is 95.6 cm³/mol. The number of carbonyl (C=O) groups is 1. The van der Waals surface area contributed by atoms with Crippen molar-refractivity contribution >= 4 is 17.3 Å². The summed E-state index contributed by atoms with van der Waals surface area (Å²) in [6.45, 7) is 4.17. The molecule has 2 aromatic carbocycles. The van der Waals surface area contributed by atoms with Crippen LogP contribution in [0, 0.1) is 0 Å². The minimum atomic E-state index is 0.0384. The molecule has 5 nitrogen and oxygen atoms in total. The largest absolute Gasteiger partial charge is 0.508 e. The predicted octanol–water partition coefficient (Wildman–Crippen LogP) is 2.30. The summed E-state index contributed by atoms with van der Waals surface area (Å²) in [5.41, 5.74) is 1.60. The van der Waals surface area contributed by atoms with Crippen molar-refractivity contribution in [3.63, 3.8) is 0 Å². The van der Waals surface area contributed by atoms with Crippen molar-refractivity contribution in [2.75, 3.05) is 44.7 Å². The summed E-state index contributed by atoms with van der Waals surface area (Å²) >= 11 is 0. The molecule has 0 unspecified atom stereocenters. The molecule has 1 amide bonds. The van der Waals surface area contributed by atoms with Gasteiger partial charge in [-0.15, -0.1) is 0 Å². The number of rotatable bonds is 4. The number of benzene rings is 2. The van der Waals surface area contributed by atoms with Crippen LogP contribution in [0.25, 0.3) is 0 Å². The van der Waals surface area contributed by atoms with Crippen molar-refractivity contribution in [1.82, 2.24) is 9.80 Å². The summed E-state index contributed by atoms with van der Waals surface area (Å²) in [5, 5.41) is 9.52. The SMILES string of the molecule is CN1CCN(CC(=O)N(c2ccccc2)c2ccc(O)cc2)CC1. The third kappa shape index (κ3) is 3.93. The quantitative estimate of drug-likeness (QED) is 0.937. The number of phenols is 1. The molecule has 1 heterocycles. The first-order valence-corrected chi connectivity index (χ1v) is 8.21. The van der Waals surface area contributed by atoms with Gasteiger partial charge in [-0.25, -0.2) is 0 Å². The lowest BCUT2D eigenvalue weighted by Gasteiger charge is -2.33. The van der Waals surface area contributed by atoms with E-state index < -0.39 is 0 Å². The van der Waals surface area contributed by atoms with Crippen molar-refractivity contribution < 1.29 is 9.90 Å². The van der Waals surface area contributed by atoms with E-state index in [1.54, 1.807) is 29.2 Å². The Bertz CT molecular complexity index is 665. The maximum Gasteiger partial charge on any atom is 0.245 e. The van der Waals surface area contributed by atoms with E-state index in [4.69, 9.17) is 0 Å². The van der Waals surface area contributed by atoms with Crippen LogP contribution in [-0.2, 0) is 4.79 Å². The van der Waals surface area contributed by atoms with Crippen LogP contribution in [0.2, 0.25) is 0 Å². The summed E-state index contributed by atoms with van der Waals surface area (Å²) in [4.78, 5) is 19.2. The first-order chi connectivity index (χ1) is 11.6. The second-order valence-corrected chi connectivity index (χ2v) is 6.16. The molecule has 1 aliphatic rings. The lowest BCUT2D eigenvalue weighted by Crippen LogP contribution is -2.48. The van der Waals surface area contributed by atoms with Gasteiger partial charge >= 0.3 is 0 Å². The Kier molecular flexibility index (Phi) is 5.13. The van der Waals surface area contributed by atoms with Crippen LogP contribution in [0.15, 0.2) is 54.6 Å². The van der Waals surface area contributed by atoms with Gasteiger partial charge in [-0.05, 0) is 43.4 Å². The summed E-state index contributed by atoms with van der Waals surface area (Å²) in [5.74, 6) is 0.231. The second-order valence-electron chi connectivity index (χ2n) is 6.16. The van der Waals surface area contributed by atoms with E-state index in [2.05, 4.69) is 16.8 Å². The maximum atomic E-state index is 13.0. The number of phenolic OH excluding ortho intramolecular Hbond substituents is 1. The fraction of sp³-hybridized carbons (Fsp3) is 0.316. The molecule has 0 atom stereocenters. The highest BCUT2D eigenvalue weighted by Crippen LogP contribution is 2.27. The van der Waals surface area contributed by atoms with Gasteiger partial charge in [0.15, 0.2) is 0 Å². The van der Waals surface area contributed by atoms with Gasteiger partial charge in [0.1, 0.15) is 5.75 Å². The number of hydrogen-bond acceptors (Lipinski definition) is 4. The number of carbonyl (C=O) groups excluding carboxylic acids is 1. The van der Waals surface area contributed by atoms with Gasteiger partial charge < -0.3 is 10.0 Å². The van der Waals surface area contributed by atoms with Crippen molar-refractivity contribution in [3.8, 4) is 5.75 Å². The number of para-hydroxylation sites is 1. The molecule has 1 aliphatic heterocycles. The first-order valence-electron chi connectivity index (χ1n) is 8.21. The molecule has 5 heteroatoms. The molecule has 1 fully saturated rings. The Balaban J connectivity index is 1.81. The Hall–Kier alpha value is -2.37. The number of aromatic hydroxyl groups is 1. The normalized spacial score (nSPS) is 16.0. The fourth-order valence-electron chi connectivity index (χ4n) is 2.88. The van der Waals surface area contributed by atoms with Crippen LogP contribution < -0.4 is 4.90 Å². The van der Waals surface area contributed by atoms with E-state index >= 15 is 0 Å². The summed E-state index contributed by atoms with van der Waals surface area (Å²) in [6, 6.07) is 16.4. The molecule has 0 aromatic heterocycles. The van der Waals surface area contributed by atoms with Crippen molar-refractivity contribution in [1.29, 1.82) is 0 Å². The number of hydrogen-bond donors (Lipinski definition) is 1. The third-order valence-electron chi connectivity index (χ3n) is 4.33. The smallest absolute Gasteiger partial charge is 0.245 e. The Morgan fingerprint density at radius 2 is 1.54 bits per heavy atom. The van der Waals surface area contributed by atoms with Crippen LogP contribution in [-0.4, -0.2) is 60.6 Å². The lowest BCUT2D eigenvalue weighted by molar-refractivity contribution is -0.119. The van der Waals surface area contributed by atoms with Gasteiger partial charge in [0, 0.05) is 37.6 Å². The molecule has 126 valence electrons. The second kappa shape index (κ2) is 7.47. The molecule has 24 heavy (non-hydrogen) atoms. The monoisotopic (exact) mass is 325 g/mol. The molecule has 1 N–H and O–H groups in total. The van der Waals surface area contributed by atoms with E-state index in [-0.39, 0.29) is 11.7 Å². The lowest BCUT2D eigenvalue weighted by atomic mass is 10.2.